The number of fused-ring (bicyclic) bond motifs is 3. The molecule has 1 nitrogen and oxygen atoms in total. The Balaban J connectivity index is 1.16. The number of hydrogen-bond acceptors (Lipinski definition) is 1. The minimum atomic E-state index is 0.894. The van der Waals surface area contributed by atoms with Crippen LogP contribution in [-0.4, -0.2) is 0 Å². The molecule has 0 atom stereocenters. The molecule has 46 heavy (non-hydrogen) atoms. The molecule has 1 heteroatoms. The third-order valence-corrected chi connectivity index (χ3v) is 8.76. The molecule has 1 heterocycles. The van der Waals surface area contributed by atoms with E-state index in [0.717, 1.165) is 28.4 Å². The van der Waals surface area contributed by atoms with E-state index in [9.17, 15) is 0 Å². The van der Waals surface area contributed by atoms with Crippen molar-refractivity contribution in [1.82, 2.24) is 0 Å². The SMILES string of the molecule is C(=C\c1cccc2oc3ccc(-c4ccc(-c5cc(-c6ccccc6)ccc5-c5ccccc5)cc4)cc3c12)/Cc1ccccc1. The number of rotatable bonds is 7. The summed E-state index contributed by atoms with van der Waals surface area (Å²) in [5.74, 6) is 0. The summed E-state index contributed by atoms with van der Waals surface area (Å²) in [6, 6.07) is 60.5. The zero-order chi connectivity index (χ0) is 30.7. The topological polar surface area (TPSA) is 13.1 Å². The van der Waals surface area contributed by atoms with Gasteiger partial charge in [-0.1, -0.05) is 158 Å². The highest BCUT2D eigenvalue weighted by atomic mass is 16.3. The maximum Gasteiger partial charge on any atom is 0.136 e. The fourth-order valence-electron chi connectivity index (χ4n) is 6.41. The van der Waals surface area contributed by atoms with Gasteiger partial charge in [0.1, 0.15) is 11.2 Å². The fourth-order valence-corrected chi connectivity index (χ4v) is 6.41. The Bertz CT molecular complexity index is 2290. The highest BCUT2D eigenvalue weighted by Crippen LogP contribution is 2.38. The molecule has 0 saturated heterocycles. The summed E-state index contributed by atoms with van der Waals surface area (Å²) in [5.41, 5.74) is 13.9. The van der Waals surface area contributed by atoms with Crippen LogP contribution >= 0.6 is 0 Å². The van der Waals surface area contributed by atoms with Crippen molar-refractivity contribution in [2.45, 2.75) is 6.42 Å². The first-order valence-corrected chi connectivity index (χ1v) is 15.8. The maximum absolute atomic E-state index is 6.29. The predicted octanol–water partition coefficient (Wildman–Crippen LogP) is 12.5. The van der Waals surface area contributed by atoms with E-state index in [0.29, 0.717) is 0 Å². The number of hydrogen-bond donors (Lipinski definition) is 0. The summed E-state index contributed by atoms with van der Waals surface area (Å²) in [6.07, 6.45) is 5.35. The third kappa shape index (κ3) is 5.44. The summed E-state index contributed by atoms with van der Waals surface area (Å²) < 4.78 is 6.29. The lowest BCUT2D eigenvalue weighted by atomic mass is 9.90. The van der Waals surface area contributed by atoms with Gasteiger partial charge in [0.15, 0.2) is 0 Å². The molecule has 0 fully saturated rings. The molecule has 0 bridgehead atoms. The molecule has 0 aliphatic heterocycles. The van der Waals surface area contributed by atoms with Crippen LogP contribution in [0.25, 0.3) is 72.5 Å². The third-order valence-electron chi connectivity index (χ3n) is 8.76. The van der Waals surface area contributed by atoms with E-state index >= 15 is 0 Å². The first-order valence-electron chi connectivity index (χ1n) is 15.8. The second-order valence-electron chi connectivity index (χ2n) is 11.7. The van der Waals surface area contributed by atoms with Gasteiger partial charge in [0.05, 0.1) is 0 Å². The molecule has 0 radical (unpaired) electrons. The van der Waals surface area contributed by atoms with Gasteiger partial charge in [0.25, 0.3) is 0 Å². The standard InChI is InChI=1S/C45H32O/c1-4-12-32(13-5-1)14-10-19-37-20-11-21-44-45(37)42-31-39(27-29-43(42)46-44)34-22-24-36(25-23-34)41-30-38(33-15-6-2-7-16-33)26-28-40(41)35-17-8-3-9-18-35/h1-13,15-31H,14H2/b19-10+. The van der Waals surface area contributed by atoms with Crippen LogP contribution in [-0.2, 0) is 6.42 Å². The molecule has 8 aromatic rings. The number of allylic oxidation sites excluding steroid dienone is 1. The van der Waals surface area contributed by atoms with Crippen LogP contribution in [0.3, 0.4) is 0 Å². The second-order valence-corrected chi connectivity index (χ2v) is 11.7. The van der Waals surface area contributed by atoms with Gasteiger partial charge in [-0.2, -0.15) is 0 Å². The van der Waals surface area contributed by atoms with Crippen LogP contribution in [0.1, 0.15) is 11.1 Å². The van der Waals surface area contributed by atoms with Gasteiger partial charge in [0.2, 0.25) is 0 Å². The molecule has 0 aliphatic rings. The summed E-state index contributed by atoms with van der Waals surface area (Å²) in [4.78, 5) is 0. The summed E-state index contributed by atoms with van der Waals surface area (Å²) in [7, 11) is 0. The number of furan rings is 1. The van der Waals surface area contributed by atoms with Crippen molar-refractivity contribution in [2.24, 2.45) is 0 Å². The van der Waals surface area contributed by atoms with Crippen molar-refractivity contribution < 1.29 is 4.42 Å². The van der Waals surface area contributed by atoms with E-state index in [1.54, 1.807) is 0 Å². The normalized spacial score (nSPS) is 11.5. The van der Waals surface area contributed by atoms with E-state index in [4.69, 9.17) is 4.42 Å². The van der Waals surface area contributed by atoms with E-state index < -0.39 is 0 Å². The first kappa shape index (κ1) is 27.6. The molecule has 218 valence electrons. The minimum absolute atomic E-state index is 0.894. The molecule has 0 spiro atoms. The van der Waals surface area contributed by atoms with Crippen LogP contribution in [0.15, 0.2) is 180 Å². The van der Waals surface area contributed by atoms with Gasteiger partial charge in [0, 0.05) is 10.8 Å². The minimum Gasteiger partial charge on any atom is -0.456 e. The van der Waals surface area contributed by atoms with E-state index in [2.05, 4.69) is 182 Å². The first-order chi connectivity index (χ1) is 22.8. The van der Waals surface area contributed by atoms with Crippen LogP contribution < -0.4 is 0 Å². The summed E-state index contributed by atoms with van der Waals surface area (Å²) in [6.45, 7) is 0. The van der Waals surface area contributed by atoms with Crippen molar-refractivity contribution in [2.75, 3.05) is 0 Å². The molecule has 0 unspecified atom stereocenters. The number of benzene rings is 7. The van der Waals surface area contributed by atoms with Crippen molar-refractivity contribution in [3.05, 3.63) is 187 Å². The molecular formula is C45H32O. The van der Waals surface area contributed by atoms with Crippen molar-refractivity contribution >= 4 is 28.0 Å². The Morgan fingerprint density at radius 3 is 1.76 bits per heavy atom. The summed E-state index contributed by atoms with van der Waals surface area (Å²) in [5, 5.41) is 2.30. The highest BCUT2D eigenvalue weighted by Gasteiger charge is 2.13. The molecule has 0 aliphatic carbocycles. The predicted molar refractivity (Wildman–Crippen MR) is 195 cm³/mol. The average molecular weight is 589 g/mol. The molecule has 7 aromatic carbocycles. The lowest BCUT2D eigenvalue weighted by Gasteiger charge is -2.14. The average Bonchev–Trinajstić information content (AvgIpc) is 3.51. The Labute approximate surface area is 269 Å². The Hall–Kier alpha value is -5.92. The van der Waals surface area contributed by atoms with Crippen molar-refractivity contribution in [3.63, 3.8) is 0 Å². The zero-order valence-corrected chi connectivity index (χ0v) is 25.4. The van der Waals surface area contributed by atoms with Crippen LogP contribution in [0, 0.1) is 0 Å². The molecule has 0 amide bonds. The van der Waals surface area contributed by atoms with Gasteiger partial charge in [-0.3, -0.25) is 0 Å². The Morgan fingerprint density at radius 1 is 0.413 bits per heavy atom. The lowest BCUT2D eigenvalue weighted by molar-refractivity contribution is 0.669. The fraction of sp³-hybridized carbons (Fsp3) is 0.0222. The van der Waals surface area contributed by atoms with E-state index in [-0.39, 0.29) is 0 Å². The van der Waals surface area contributed by atoms with Gasteiger partial charge in [-0.05, 0) is 86.3 Å². The van der Waals surface area contributed by atoms with Gasteiger partial charge in [-0.25, -0.2) is 0 Å². The quantitative estimate of drug-likeness (QED) is 0.180. The van der Waals surface area contributed by atoms with Crippen LogP contribution in [0.4, 0.5) is 0 Å². The smallest absolute Gasteiger partial charge is 0.136 e. The maximum atomic E-state index is 6.29. The molecule has 0 saturated carbocycles. The second kappa shape index (κ2) is 12.2. The van der Waals surface area contributed by atoms with E-state index in [1.165, 1.54) is 55.6 Å². The van der Waals surface area contributed by atoms with Crippen molar-refractivity contribution in [3.8, 4) is 44.5 Å². The highest BCUT2D eigenvalue weighted by molar-refractivity contribution is 6.10. The molecule has 1 aromatic heterocycles. The molecular weight excluding hydrogens is 556 g/mol. The van der Waals surface area contributed by atoms with Gasteiger partial charge < -0.3 is 4.42 Å². The molecule has 0 N–H and O–H groups in total. The Kier molecular flexibility index (Phi) is 7.34. The lowest BCUT2D eigenvalue weighted by Crippen LogP contribution is -1.88. The van der Waals surface area contributed by atoms with E-state index in [1.807, 2.05) is 0 Å². The van der Waals surface area contributed by atoms with Gasteiger partial charge in [-0.15, -0.1) is 0 Å². The zero-order valence-electron chi connectivity index (χ0n) is 25.4. The molecule has 8 rings (SSSR count). The van der Waals surface area contributed by atoms with Crippen LogP contribution in [0.2, 0.25) is 0 Å². The summed E-state index contributed by atoms with van der Waals surface area (Å²) >= 11 is 0. The largest absolute Gasteiger partial charge is 0.456 e. The van der Waals surface area contributed by atoms with Crippen LogP contribution in [0.5, 0.6) is 0 Å². The monoisotopic (exact) mass is 588 g/mol. The van der Waals surface area contributed by atoms with Crippen molar-refractivity contribution in [1.29, 1.82) is 0 Å². The van der Waals surface area contributed by atoms with Gasteiger partial charge >= 0.3 is 0 Å². The Morgan fingerprint density at radius 2 is 1.00 bits per heavy atom.